The number of carboxylic acid groups (broad SMARTS) is 1. The lowest BCUT2D eigenvalue weighted by Crippen LogP contribution is -2.31. The minimum absolute atomic E-state index is 0.0565. The second kappa shape index (κ2) is 7.01. The van der Waals surface area contributed by atoms with Crippen molar-refractivity contribution in [2.45, 2.75) is 6.42 Å². The van der Waals surface area contributed by atoms with Gasteiger partial charge in [0.15, 0.2) is 0 Å². The zero-order valence-corrected chi connectivity index (χ0v) is 9.63. The Morgan fingerprint density at radius 3 is 2.44 bits per heavy atom. The van der Waals surface area contributed by atoms with Crippen molar-refractivity contribution in [2.24, 2.45) is 0 Å². The van der Waals surface area contributed by atoms with Crippen LogP contribution in [0, 0.1) is 0 Å². The molecule has 1 amide bonds. The van der Waals surface area contributed by atoms with Crippen molar-refractivity contribution in [3.63, 3.8) is 0 Å². The van der Waals surface area contributed by atoms with E-state index in [1.54, 1.807) is 12.1 Å². The number of nitrogens with one attached hydrogen (secondary N) is 1. The molecule has 5 nitrogen and oxygen atoms in total. The van der Waals surface area contributed by atoms with Crippen molar-refractivity contribution in [1.29, 1.82) is 0 Å². The first-order valence-electron chi connectivity index (χ1n) is 5.36. The summed E-state index contributed by atoms with van der Waals surface area (Å²) in [5, 5.41) is 10.6. The van der Waals surface area contributed by atoms with E-state index in [1.165, 1.54) is 6.08 Å². The molecule has 5 heteroatoms. The number of carbonyl (C=O) groups excluding carboxylic acids is 2. The number of rotatable bonds is 6. The molecule has 2 N–H and O–H groups in total. The van der Waals surface area contributed by atoms with Crippen LogP contribution in [0.4, 0.5) is 0 Å². The van der Waals surface area contributed by atoms with Gasteiger partial charge in [0.05, 0.1) is 6.42 Å². The fourth-order valence-electron chi connectivity index (χ4n) is 1.18. The lowest BCUT2D eigenvalue weighted by Gasteiger charge is -1.99. The standard InChI is InChI=1S/C13H13NO4/c15-11(13(18)14-9-8-12(16)17)7-6-10-4-2-1-3-5-10/h1-7H,8-9H2,(H,14,18)(H,16,17)/b7-6+. The number of ketones is 1. The number of hydrogen-bond donors (Lipinski definition) is 2. The van der Waals surface area contributed by atoms with Gasteiger partial charge in [-0.3, -0.25) is 14.4 Å². The molecule has 1 aromatic carbocycles. The molecule has 0 saturated carbocycles. The van der Waals surface area contributed by atoms with Crippen LogP contribution in [0.5, 0.6) is 0 Å². The number of carboxylic acids is 1. The van der Waals surface area contributed by atoms with Crippen LogP contribution >= 0.6 is 0 Å². The van der Waals surface area contributed by atoms with Crippen LogP contribution in [0.1, 0.15) is 12.0 Å². The highest BCUT2D eigenvalue weighted by atomic mass is 16.4. The second-order valence-electron chi connectivity index (χ2n) is 3.51. The van der Waals surface area contributed by atoms with Crippen molar-refractivity contribution in [3.8, 4) is 0 Å². The fraction of sp³-hybridized carbons (Fsp3) is 0.154. The first-order valence-corrected chi connectivity index (χ1v) is 5.36. The van der Waals surface area contributed by atoms with Crippen LogP contribution in [0.15, 0.2) is 36.4 Å². The summed E-state index contributed by atoms with van der Waals surface area (Å²) in [6, 6.07) is 9.07. The third-order valence-electron chi connectivity index (χ3n) is 2.07. The maximum atomic E-state index is 11.3. The molecule has 0 spiro atoms. The molecule has 0 heterocycles. The van der Waals surface area contributed by atoms with E-state index in [-0.39, 0.29) is 13.0 Å². The van der Waals surface area contributed by atoms with E-state index < -0.39 is 17.7 Å². The van der Waals surface area contributed by atoms with Crippen molar-refractivity contribution < 1.29 is 19.5 Å². The average Bonchev–Trinajstić information content (AvgIpc) is 2.36. The molecule has 0 aliphatic heterocycles. The van der Waals surface area contributed by atoms with E-state index in [9.17, 15) is 14.4 Å². The van der Waals surface area contributed by atoms with Gasteiger partial charge in [0.1, 0.15) is 0 Å². The van der Waals surface area contributed by atoms with Crippen LogP contribution in [0.25, 0.3) is 6.08 Å². The number of benzene rings is 1. The molecule has 0 saturated heterocycles. The van der Waals surface area contributed by atoms with Gasteiger partial charge in [-0.15, -0.1) is 0 Å². The monoisotopic (exact) mass is 247 g/mol. The Balaban J connectivity index is 2.43. The van der Waals surface area contributed by atoms with E-state index in [2.05, 4.69) is 5.32 Å². The second-order valence-corrected chi connectivity index (χ2v) is 3.51. The summed E-state index contributed by atoms with van der Waals surface area (Å²) in [4.78, 5) is 32.8. The SMILES string of the molecule is O=C(O)CCNC(=O)C(=O)/C=C/c1ccccc1. The highest BCUT2D eigenvalue weighted by Crippen LogP contribution is 2.00. The predicted molar refractivity (Wildman–Crippen MR) is 65.7 cm³/mol. The highest BCUT2D eigenvalue weighted by Gasteiger charge is 2.09. The highest BCUT2D eigenvalue weighted by molar-refractivity contribution is 6.41. The van der Waals surface area contributed by atoms with Gasteiger partial charge in [0.25, 0.3) is 5.91 Å². The van der Waals surface area contributed by atoms with E-state index in [0.717, 1.165) is 11.6 Å². The third kappa shape index (κ3) is 5.07. The summed E-state index contributed by atoms with van der Waals surface area (Å²) in [7, 11) is 0. The third-order valence-corrected chi connectivity index (χ3v) is 2.07. The van der Waals surface area contributed by atoms with Crippen LogP contribution in [-0.4, -0.2) is 29.3 Å². The van der Waals surface area contributed by atoms with Gasteiger partial charge in [-0.2, -0.15) is 0 Å². The van der Waals surface area contributed by atoms with Crippen molar-refractivity contribution in [3.05, 3.63) is 42.0 Å². The van der Waals surface area contributed by atoms with Crippen LogP contribution in [0.3, 0.4) is 0 Å². The first kappa shape index (κ1) is 13.6. The topological polar surface area (TPSA) is 83.5 Å². The molecule has 0 aliphatic rings. The summed E-state index contributed by atoms with van der Waals surface area (Å²) in [5.41, 5.74) is 0.809. The quantitative estimate of drug-likeness (QED) is 0.577. The number of hydrogen-bond acceptors (Lipinski definition) is 3. The van der Waals surface area contributed by atoms with E-state index in [1.807, 2.05) is 18.2 Å². The molecule has 0 aliphatic carbocycles. The van der Waals surface area contributed by atoms with Crippen LogP contribution < -0.4 is 5.32 Å². The molecule has 18 heavy (non-hydrogen) atoms. The number of aliphatic carboxylic acids is 1. The van der Waals surface area contributed by atoms with Gasteiger partial charge in [0.2, 0.25) is 5.78 Å². The summed E-state index contributed by atoms with van der Waals surface area (Å²) in [5.74, 6) is -2.53. The van der Waals surface area contributed by atoms with Gasteiger partial charge in [-0.25, -0.2) is 0 Å². The normalized spacial score (nSPS) is 10.2. The Bertz CT molecular complexity index is 465. The molecule has 0 radical (unpaired) electrons. The Kier molecular flexibility index (Phi) is 5.31. The van der Waals surface area contributed by atoms with Crippen LogP contribution in [-0.2, 0) is 14.4 Å². The molecular weight excluding hydrogens is 234 g/mol. The molecular formula is C13H13NO4. The number of amides is 1. The maximum Gasteiger partial charge on any atom is 0.305 e. The van der Waals surface area contributed by atoms with Crippen molar-refractivity contribution in [2.75, 3.05) is 6.54 Å². The zero-order chi connectivity index (χ0) is 13.4. The Hall–Kier alpha value is -2.43. The molecule has 0 atom stereocenters. The Morgan fingerprint density at radius 1 is 1.17 bits per heavy atom. The van der Waals surface area contributed by atoms with Gasteiger partial charge in [0, 0.05) is 6.54 Å². The molecule has 1 aromatic rings. The minimum Gasteiger partial charge on any atom is -0.481 e. The first-order chi connectivity index (χ1) is 8.59. The Morgan fingerprint density at radius 2 is 1.83 bits per heavy atom. The van der Waals surface area contributed by atoms with Crippen molar-refractivity contribution in [1.82, 2.24) is 5.32 Å². The lowest BCUT2D eigenvalue weighted by molar-refractivity contribution is -0.138. The average molecular weight is 247 g/mol. The summed E-state index contributed by atoms with van der Waals surface area (Å²) < 4.78 is 0. The predicted octanol–water partition coefficient (Wildman–Crippen LogP) is 0.860. The fourth-order valence-corrected chi connectivity index (χ4v) is 1.18. The van der Waals surface area contributed by atoms with E-state index in [0.29, 0.717) is 0 Å². The summed E-state index contributed by atoms with van der Waals surface area (Å²) in [6.07, 6.45) is 2.48. The largest absolute Gasteiger partial charge is 0.481 e. The zero-order valence-electron chi connectivity index (χ0n) is 9.63. The summed E-state index contributed by atoms with van der Waals surface area (Å²) in [6.45, 7) is -0.0565. The van der Waals surface area contributed by atoms with Gasteiger partial charge in [-0.05, 0) is 11.6 Å². The van der Waals surface area contributed by atoms with E-state index >= 15 is 0 Å². The molecule has 0 fully saturated rings. The maximum absolute atomic E-state index is 11.3. The molecule has 1 rings (SSSR count). The smallest absolute Gasteiger partial charge is 0.305 e. The summed E-state index contributed by atoms with van der Waals surface area (Å²) >= 11 is 0. The Labute approximate surface area is 104 Å². The minimum atomic E-state index is -1.03. The van der Waals surface area contributed by atoms with E-state index in [4.69, 9.17) is 5.11 Å². The van der Waals surface area contributed by atoms with Gasteiger partial charge in [-0.1, -0.05) is 36.4 Å². The van der Waals surface area contributed by atoms with Crippen molar-refractivity contribution >= 4 is 23.7 Å². The van der Waals surface area contributed by atoms with Crippen LogP contribution in [0.2, 0.25) is 0 Å². The number of carbonyl (C=O) groups is 3. The lowest BCUT2D eigenvalue weighted by atomic mass is 10.2. The molecule has 0 unspecified atom stereocenters. The molecule has 0 bridgehead atoms. The van der Waals surface area contributed by atoms with Gasteiger partial charge < -0.3 is 10.4 Å². The molecule has 0 aromatic heterocycles. The van der Waals surface area contributed by atoms with Gasteiger partial charge >= 0.3 is 5.97 Å². The molecule has 94 valence electrons.